The summed E-state index contributed by atoms with van der Waals surface area (Å²) in [6, 6.07) is 20.1. The number of ether oxygens (including phenoxy) is 1. The fourth-order valence-electron chi connectivity index (χ4n) is 4.25. The van der Waals surface area contributed by atoms with Crippen LogP contribution in [0.25, 0.3) is 0 Å². The third-order valence-electron chi connectivity index (χ3n) is 6.47. The van der Waals surface area contributed by atoms with E-state index in [0.717, 1.165) is 36.8 Å². The molecule has 0 amide bonds. The van der Waals surface area contributed by atoms with Crippen molar-refractivity contribution >= 4 is 21.8 Å². The molecule has 1 aliphatic rings. The molecule has 6 nitrogen and oxygen atoms in total. The highest BCUT2D eigenvalue weighted by molar-refractivity contribution is 7.89. The Bertz CT molecular complexity index is 1310. The normalized spacial score (nSPS) is 15.6. The van der Waals surface area contributed by atoms with Gasteiger partial charge in [-0.2, -0.15) is 4.31 Å². The van der Waals surface area contributed by atoms with Gasteiger partial charge in [-0.15, -0.1) is 0 Å². The van der Waals surface area contributed by atoms with Gasteiger partial charge in [-0.25, -0.2) is 13.2 Å². The van der Waals surface area contributed by atoms with Crippen LogP contribution in [0.4, 0.5) is 0 Å². The first-order chi connectivity index (χ1) is 17.3. The van der Waals surface area contributed by atoms with Gasteiger partial charge in [-0.1, -0.05) is 72.5 Å². The van der Waals surface area contributed by atoms with Crippen molar-refractivity contribution in [2.24, 2.45) is 0 Å². The van der Waals surface area contributed by atoms with Crippen molar-refractivity contribution in [3.05, 3.63) is 101 Å². The summed E-state index contributed by atoms with van der Waals surface area (Å²) in [5.41, 5.74) is 3.23. The van der Waals surface area contributed by atoms with Crippen molar-refractivity contribution in [3.63, 3.8) is 0 Å². The molecule has 7 heteroatoms. The van der Waals surface area contributed by atoms with Crippen LogP contribution < -0.4 is 0 Å². The highest BCUT2D eigenvalue weighted by atomic mass is 32.2. The molecule has 0 radical (unpaired) electrons. The van der Waals surface area contributed by atoms with Gasteiger partial charge >= 0.3 is 5.97 Å². The lowest BCUT2D eigenvalue weighted by atomic mass is 9.98. The number of ketones is 1. The van der Waals surface area contributed by atoms with Gasteiger partial charge in [0.1, 0.15) is 0 Å². The predicted octanol–water partition coefficient (Wildman–Crippen LogP) is 5.65. The van der Waals surface area contributed by atoms with Crippen molar-refractivity contribution in [3.8, 4) is 0 Å². The summed E-state index contributed by atoms with van der Waals surface area (Å²) in [5.74, 6) is -1.02. The molecular formula is C29H31NO5S. The second-order valence-electron chi connectivity index (χ2n) is 9.27. The van der Waals surface area contributed by atoms with E-state index >= 15 is 0 Å². The summed E-state index contributed by atoms with van der Waals surface area (Å²) in [5, 5.41) is 0. The number of benzene rings is 3. The van der Waals surface area contributed by atoms with Crippen molar-refractivity contribution in [1.82, 2.24) is 4.31 Å². The Labute approximate surface area is 213 Å². The van der Waals surface area contributed by atoms with Crippen LogP contribution in [0.15, 0.2) is 77.7 Å². The average molecular weight is 506 g/mol. The Morgan fingerprint density at radius 3 is 1.78 bits per heavy atom. The van der Waals surface area contributed by atoms with Crippen LogP contribution in [0.1, 0.15) is 69.2 Å². The minimum atomic E-state index is -3.62. The van der Waals surface area contributed by atoms with E-state index in [4.69, 9.17) is 4.74 Å². The molecule has 0 spiro atoms. The molecule has 0 bridgehead atoms. The molecule has 0 N–H and O–H groups in total. The van der Waals surface area contributed by atoms with Gasteiger partial charge in [0.2, 0.25) is 15.8 Å². The van der Waals surface area contributed by atoms with E-state index in [9.17, 15) is 18.0 Å². The molecule has 0 aromatic heterocycles. The molecule has 0 saturated carbocycles. The molecule has 0 aliphatic carbocycles. The number of carbonyl (C=O) groups is 2. The topological polar surface area (TPSA) is 80.8 Å². The van der Waals surface area contributed by atoms with Gasteiger partial charge < -0.3 is 4.74 Å². The van der Waals surface area contributed by atoms with Crippen LogP contribution in [0, 0.1) is 13.8 Å². The quantitative estimate of drug-likeness (QED) is 0.306. The third kappa shape index (κ3) is 5.91. The number of hydrogen-bond acceptors (Lipinski definition) is 5. The van der Waals surface area contributed by atoms with E-state index in [1.807, 2.05) is 38.1 Å². The molecular weight excluding hydrogens is 474 g/mol. The number of hydrogen-bond donors (Lipinski definition) is 0. The van der Waals surface area contributed by atoms with E-state index < -0.39 is 22.1 Å². The molecule has 4 rings (SSSR count). The van der Waals surface area contributed by atoms with Gasteiger partial charge in [0.05, 0.1) is 10.5 Å². The van der Waals surface area contributed by atoms with Crippen LogP contribution >= 0.6 is 0 Å². The monoisotopic (exact) mass is 505 g/mol. The fraction of sp³-hybridized carbons (Fsp3) is 0.310. The maximum atomic E-state index is 13.3. The molecule has 1 atom stereocenters. The highest BCUT2D eigenvalue weighted by Crippen LogP contribution is 2.26. The summed E-state index contributed by atoms with van der Waals surface area (Å²) in [7, 11) is -3.62. The lowest BCUT2D eigenvalue weighted by Crippen LogP contribution is -2.31. The largest absolute Gasteiger partial charge is 0.445 e. The smallest absolute Gasteiger partial charge is 0.339 e. The Kier molecular flexibility index (Phi) is 8.01. The number of esters is 1. The van der Waals surface area contributed by atoms with Crippen molar-refractivity contribution < 1.29 is 22.7 Å². The summed E-state index contributed by atoms with van der Waals surface area (Å²) >= 11 is 0. The first-order valence-electron chi connectivity index (χ1n) is 12.2. The van der Waals surface area contributed by atoms with Crippen LogP contribution in [-0.2, 0) is 14.8 Å². The molecule has 0 unspecified atom stereocenters. The number of aryl methyl sites for hydroxylation is 2. The summed E-state index contributed by atoms with van der Waals surface area (Å²) < 4.78 is 33.3. The first kappa shape index (κ1) is 25.8. The minimum absolute atomic E-state index is 0.145. The predicted molar refractivity (Wildman–Crippen MR) is 139 cm³/mol. The zero-order chi connectivity index (χ0) is 25.7. The van der Waals surface area contributed by atoms with Crippen molar-refractivity contribution in [2.45, 2.75) is 50.5 Å². The SMILES string of the molecule is Cc1ccc(C(=O)[C@@H](OC(=O)c2ccc(S(=O)(=O)N3CCCCCC3)cc2)c2ccc(C)cc2)cc1. The molecule has 1 saturated heterocycles. The zero-order valence-corrected chi connectivity index (χ0v) is 21.5. The molecule has 36 heavy (non-hydrogen) atoms. The molecule has 188 valence electrons. The van der Waals surface area contributed by atoms with Gasteiger partial charge in [0, 0.05) is 24.2 Å². The Balaban J connectivity index is 1.56. The van der Waals surface area contributed by atoms with Gasteiger partial charge in [-0.3, -0.25) is 4.79 Å². The van der Waals surface area contributed by atoms with E-state index in [0.29, 0.717) is 24.2 Å². The van der Waals surface area contributed by atoms with Gasteiger partial charge in [-0.05, 0) is 51.0 Å². The standard InChI is InChI=1S/C29H31NO5S/c1-21-7-11-23(12-8-21)27(31)28(24-13-9-22(2)10-14-24)35-29(32)25-15-17-26(18-16-25)36(33,34)30-19-5-3-4-6-20-30/h7-18,28H,3-6,19-20H2,1-2H3/t28-/m0/s1. The van der Waals surface area contributed by atoms with Crippen LogP contribution in [0.2, 0.25) is 0 Å². The number of nitrogens with zero attached hydrogens (tertiary/aromatic N) is 1. The van der Waals surface area contributed by atoms with Gasteiger partial charge in [0.25, 0.3) is 0 Å². The number of rotatable bonds is 7. The molecule has 1 aliphatic heterocycles. The number of Topliss-reactive ketones (excluding diaryl/α,β-unsaturated/α-hetero) is 1. The third-order valence-corrected chi connectivity index (χ3v) is 8.38. The van der Waals surface area contributed by atoms with Crippen LogP contribution in [0.3, 0.4) is 0 Å². The van der Waals surface area contributed by atoms with Crippen molar-refractivity contribution in [1.29, 1.82) is 0 Å². The van der Waals surface area contributed by atoms with Crippen LogP contribution in [-0.4, -0.2) is 37.6 Å². The van der Waals surface area contributed by atoms with E-state index in [1.165, 1.54) is 28.6 Å². The molecule has 3 aromatic rings. The number of carbonyl (C=O) groups excluding carboxylic acids is 2. The van der Waals surface area contributed by atoms with E-state index in [-0.39, 0.29) is 16.2 Å². The Hall–Kier alpha value is -3.29. The first-order valence-corrected chi connectivity index (χ1v) is 13.7. The van der Waals surface area contributed by atoms with E-state index in [2.05, 4.69) is 0 Å². The highest BCUT2D eigenvalue weighted by Gasteiger charge is 2.28. The summed E-state index contributed by atoms with van der Waals surface area (Å²) in [6.07, 6.45) is 2.62. The lowest BCUT2D eigenvalue weighted by Gasteiger charge is -2.20. The molecule has 1 heterocycles. The maximum Gasteiger partial charge on any atom is 0.339 e. The Morgan fingerprint density at radius 2 is 1.22 bits per heavy atom. The maximum absolute atomic E-state index is 13.3. The summed E-state index contributed by atoms with van der Waals surface area (Å²) in [6.45, 7) is 4.88. The molecule has 1 fully saturated rings. The molecule has 3 aromatic carbocycles. The summed E-state index contributed by atoms with van der Waals surface area (Å²) in [4.78, 5) is 26.5. The fourth-order valence-corrected chi connectivity index (χ4v) is 5.77. The second-order valence-corrected chi connectivity index (χ2v) is 11.2. The number of sulfonamides is 1. The van der Waals surface area contributed by atoms with Gasteiger partial charge in [0.15, 0.2) is 6.10 Å². The average Bonchev–Trinajstić information content (AvgIpc) is 3.18. The second kappa shape index (κ2) is 11.2. The van der Waals surface area contributed by atoms with Crippen molar-refractivity contribution in [2.75, 3.05) is 13.1 Å². The lowest BCUT2D eigenvalue weighted by molar-refractivity contribution is 0.0280. The minimum Gasteiger partial charge on any atom is -0.445 e. The van der Waals surface area contributed by atoms with Crippen LogP contribution in [0.5, 0.6) is 0 Å². The zero-order valence-electron chi connectivity index (χ0n) is 20.6. The Morgan fingerprint density at radius 1 is 0.722 bits per heavy atom. The van der Waals surface area contributed by atoms with E-state index in [1.54, 1.807) is 24.3 Å².